The Labute approximate surface area is 123 Å². The summed E-state index contributed by atoms with van der Waals surface area (Å²) in [5, 5.41) is 0. The normalized spacial score (nSPS) is 26.7. The summed E-state index contributed by atoms with van der Waals surface area (Å²) >= 11 is 0. The van der Waals surface area contributed by atoms with Crippen molar-refractivity contribution >= 4 is 25.2 Å². The second kappa shape index (κ2) is 8.62. The number of ether oxygens (including phenoxy) is 1. The molecule has 0 spiro atoms. The van der Waals surface area contributed by atoms with E-state index in [0.717, 1.165) is 12.8 Å². The van der Waals surface area contributed by atoms with Gasteiger partial charge in [0.2, 0.25) is 0 Å². The number of hydrogen-bond acceptors (Lipinski definition) is 3. The Morgan fingerprint density at radius 2 is 1.84 bits per heavy atom. The highest BCUT2D eigenvalue weighted by molar-refractivity contribution is 7.59. The van der Waals surface area contributed by atoms with Crippen LogP contribution in [0.1, 0.15) is 59.8 Å². The van der Waals surface area contributed by atoms with E-state index in [0.29, 0.717) is 24.2 Å². The smallest absolute Gasteiger partial charge is 0.306 e. The molecule has 0 aromatic carbocycles. The first-order valence-corrected chi connectivity index (χ1v) is 7.09. The molecule has 0 aromatic heterocycles. The molecule has 0 N–H and O–H groups in total. The molecule has 1 aliphatic rings. The third-order valence-electron chi connectivity index (χ3n) is 3.93. The Balaban J connectivity index is 0.00000324. The van der Waals surface area contributed by atoms with Crippen molar-refractivity contribution in [1.82, 2.24) is 0 Å². The molecule has 3 nitrogen and oxygen atoms in total. The van der Waals surface area contributed by atoms with Gasteiger partial charge in [0.1, 0.15) is 11.9 Å². The zero-order chi connectivity index (χ0) is 13.7. The lowest BCUT2D eigenvalue weighted by Gasteiger charge is -2.36. The minimum absolute atomic E-state index is 0. The lowest BCUT2D eigenvalue weighted by Crippen LogP contribution is -2.35. The van der Waals surface area contributed by atoms with Crippen LogP contribution in [-0.2, 0) is 14.3 Å². The van der Waals surface area contributed by atoms with Gasteiger partial charge in [-0.1, -0.05) is 27.2 Å². The summed E-state index contributed by atoms with van der Waals surface area (Å²) in [6, 6.07) is 0. The van der Waals surface area contributed by atoms with E-state index in [1.807, 2.05) is 0 Å². The molecule has 0 radical (unpaired) electrons. The lowest BCUT2D eigenvalue weighted by molar-refractivity contribution is -0.156. The van der Waals surface area contributed by atoms with Crippen molar-refractivity contribution in [2.45, 2.75) is 65.9 Å². The molecule has 0 amide bonds. The maximum atomic E-state index is 11.7. The van der Waals surface area contributed by atoms with Gasteiger partial charge in [0.15, 0.2) is 0 Å². The average molecular weight is 288 g/mol. The van der Waals surface area contributed by atoms with Gasteiger partial charge < -0.3 is 9.53 Å². The predicted octanol–water partition coefficient (Wildman–Crippen LogP) is 3.47. The Hall–Kier alpha value is -0.510. The maximum Gasteiger partial charge on any atom is 0.306 e. The van der Waals surface area contributed by atoms with Gasteiger partial charge in [-0.2, -0.15) is 13.5 Å². The van der Waals surface area contributed by atoms with E-state index in [-0.39, 0.29) is 37.8 Å². The first kappa shape index (κ1) is 18.5. The van der Waals surface area contributed by atoms with E-state index in [2.05, 4.69) is 20.8 Å². The molecule has 1 fully saturated rings. The molecule has 1 saturated carbocycles. The quantitative estimate of drug-likeness (QED) is 0.728. The van der Waals surface area contributed by atoms with Crippen LogP contribution in [0.15, 0.2) is 0 Å². The molecule has 0 aromatic rings. The number of hydrogen-bond donors (Lipinski definition) is 0. The van der Waals surface area contributed by atoms with Crippen molar-refractivity contribution in [2.24, 2.45) is 17.8 Å². The van der Waals surface area contributed by atoms with E-state index in [1.165, 1.54) is 13.3 Å². The summed E-state index contributed by atoms with van der Waals surface area (Å²) < 4.78 is 5.59. The van der Waals surface area contributed by atoms with Crippen molar-refractivity contribution in [1.29, 1.82) is 0 Å². The largest absolute Gasteiger partial charge is 0.462 e. The fourth-order valence-electron chi connectivity index (χ4n) is 2.76. The van der Waals surface area contributed by atoms with Crippen molar-refractivity contribution in [3.63, 3.8) is 0 Å². The van der Waals surface area contributed by atoms with Gasteiger partial charge in [0.25, 0.3) is 0 Å². The molecule has 19 heavy (non-hydrogen) atoms. The predicted molar refractivity (Wildman–Crippen MR) is 81.5 cm³/mol. The maximum absolute atomic E-state index is 11.7. The second-order valence-corrected chi connectivity index (χ2v) is 6.06. The van der Waals surface area contributed by atoms with Crippen LogP contribution >= 0.6 is 13.5 Å². The Morgan fingerprint density at radius 1 is 1.21 bits per heavy atom. The van der Waals surface area contributed by atoms with Gasteiger partial charge in [-0.25, -0.2) is 0 Å². The molecular formula is C15H28O3S. The minimum atomic E-state index is -0.213. The molecule has 1 aliphatic carbocycles. The summed E-state index contributed by atoms with van der Waals surface area (Å²) in [6.45, 7) is 8.11. The van der Waals surface area contributed by atoms with E-state index >= 15 is 0 Å². The van der Waals surface area contributed by atoms with Crippen molar-refractivity contribution in [3.05, 3.63) is 0 Å². The molecule has 1 rings (SSSR count). The number of ketones is 1. The Bertz CT molecular complexity index is 302. The third kappa shape index (κ3) is 6.46. The molecule has 3 atom stereocenters. The second-order valence-electron chi connectivity index (χ2n) is 6.06. The van der Waals surface area contributed by atoms with E-state index < -0.39 is 0 Å². The fraction of sp³-hybridized carbons (Fsp3) is 0.867. The molecule has 112 valence electrons. The molecule has 0 saturated heterocycles. The van der Waals surface area contributed by atoms with E-state index in [1.54, 1.807) is 0 Å². The highest BCUT2D eigenvalue weighted by atomic mass is 32.1. The van der Waals surface area contributed by atoms with Gasteiger partial charge in [-0.05, 0) is 37.5 Å². The Morgan fingerprint density at radius 3 is 2.37 bits per heavy atom. The first-order chi connectivity index (χ1) is 8.40. The van der Waals surface area contributed by atoms with Crippen LogP contribution in [0.5, 0.6) is 0 Å². The molecule has 0 bridgehead atoms. The number of carbonyl (C=O) groups excluding carboxylic acids is 2. The highest BCUT2D eigenvalue weighted by Crippen LogP contribution is 2.35. The van der Waals surface area contributed by atoms with Crippen LogP contribution in [0.3, 0.4) is 0 Å². The average Bonchev–Trinajstić information content (AvgIpc) is 2.26. The van der Waals surface area contributed by atoms with Gasteiger partial charge >= 0.3 is 5.97 Å². The molecule has 4 heteroatoms. The van der Waals surface area contributed by atoms with E-state index in [4.69, 9.17) is 4.74 Å². The fourth-order valence-corrected chi connectivity index (χ4v) is 2.76. The number of carbonyl (C=O) groups is 2. The number of esters is 1. The summed E-state index contributed by atoms with van der Waals surface area (Å²) in [4.78, 5) is 22.6. The zero-order valence-electron chi connectivity index (χ0n) is 12.6. The monoisotopic (exact) mass is 288 g/mol. The Kier molecular flexibility index (Phi) is 8.39. The first-order valence-electron chi connectivity index (χ1n) is 7.09. The number of rotatable bonds is 5. The third-order valence-corrected chi connectivity index (χ3v) is 3.93. The lowest BCUT2D eigenvalue weighted by atomic mass is 9.75. The minimum Gasteiger partial charge on any atom is -0.462 e. The van der Waals surface area contributed by atoms with Crippen molar-refractivity contribution in [3.8, 4) is 0 Å². The standard InChI is InChI=1S/C15H26O3.H2S/c1-10(2)13-7-5-11(3)9-14(13)18-15(17)8-6-12(4)16;/h10-11,13-14H,5-9H2,1-4H3;1H2/t11-,13+,14-;/m1./s1. The molecule has 0 unspecified atom stereocenters. The summed E-state index contributed by atoms with van der Waals surface area (Å²) in [6.07, 6.45) is 3.91. The van der Waals surface area contributed by atoms with Crippen LogP contribution in [0, 0.1) is 17.8 Å². The summed E-state index contributed by atoms with van der Waals surface area (Å²) in [7, 11) is 0. The van der Waals surface area contributed by atoms with Crippen LogP contribution in [0.2, 0.25) is 0 Å². The zero-order valence-corrected chi connectivity index (χ0v) is 13.6. The van der Waals surface area contributed by atoms with Crippen molar-refractivity contribution < 1.29 is 14.3 Å². The molecular weight excluding hydrogens is 260 g/mol. The van der Waals surface area contributed by atoms with Gasteiger partial charge in [0, 0.05) is 6.42 Å². The summed E-state index contributed by atoms with van der Waals surface area (Å²) in [5.41, 5.74) is 0. The molecule has 0 aliphatic heterocycles. The van der Waals surface area contributed by atoms with E-state index in [9.17, 15) is 9.59 Å². The van der Waals surface area contributed by atoms with Gasteiger partial charge in [0.05, 0.1) is 6.42 Å². The topological polar surface area (TPSA) is 43.4 Å². The van der Waals surface area contributed by atoms with Crippen LogP contribution in [0.25, 0.3) is 0 Å². The van der Waals surface area contributed by atoms with Crippen LogP contribution < -0.4 is 0 Å². The summed E-state index contributed by atoms with van der Waals surface area (Å²) in [5.74, 6) is 1.48. The van der Waals surface area contributed by atoms with Crippen LogP contribution in [-0.4, -0.2) is 17.9 Å². The molecule has 0 heterocycles. The van der Waals surface area contributed by atoms with Gasteiger partial charge in [-0.3, -0.25) is 4.79 Å². The number of Topliss-reactive ketones (excluding diaryl/α,β-unsaturated/α-hetero) is 1. The van der Waals surface area contributed by atoms with Gasteiger partial charge in [-0.15, -0.1) is 0 Å². The van der Waals surface area contributed by atoms with Crippen LogP contribution in [0.4, 0.5) is 0 Å². The highest BCUT2D eigenvalue weighted by Gasteiger charge is 2.33. The SMILES string of the molecule is CC(=O)CCC(=O)O[C@@H]1C[C@H](C)CC[C@H]1C(C)C.S. The van der Waals surface area contributed by atoms with Crippen molar-refractivity contribution in [2.75, 3.05) is 0 Å².